The Morgan fingerprint density at radius 1 is 1.39 bits per heavy atom. The van der Waals surface area contributed by atoms with E-state index in [1.54, 1.807) is 25.3 Å². The maximum absolute atomic E-state index is 12.1. The minimum atomic E-state index is -3.19. The zero-order chi connectivity index (χ0) is 13.2. The van der Waals surface area contributed by atoms with Crippen molar-refractivity contribution in [3.63, 3.8) is 0 Å². The Morgan fingerprint density at radius 3 is 2.67 bits per heavy atom. The Hall–Kier alpha value is -1.07. The van der Waals surface area contributed by atoms with Crippen molar-refractivity contribution in [1.82, 2.24) is 5.32 Å². The van der Waals surface area contributed by atoms with Crippen molar-refractivity contribution in [2.75, 3.05) is 19.4 Å². The van der Waals surface area contributed by atoms with Crippen molar-refractivity contribution in [1.29, 1.82) is 0 Å². The molecular weight excluding hydrogens is 250 g/mol. The summed E-state index contributed by atoms with van der Waals surface area (Å²) in [6, 6.07) is 5.53. The molecule has 100 valence electrons. The van der Waals surface area contributed by atoms with Crippen LogP contribution in [0.15, 0.2) is 23.1 Å². The summed E-state index contributed by atoms with van der Waals surface area (Å²) in [5, 5.41) is 3.22. The number of benzene rings is 1. The fourth-order valence-corrected chi connectivity index (χ4v) is 3.10. The van der Waals surface area contributed by atoms with Gasteiger partial charge in [0, 0.05) is 12.6 Å². The van der Waals surface area contributed by atoms with E-state index in [-0.39, 0.29) is 5.75 Å². The highest BCUT2D eigenvalue weighted by atomic mass is 32.2. The number of hydrogen-bond acceptors (Lipinski definition) is 4. The first-order valence-electron chi connectivity index (χ1n) is 6.14. The van der Waals surface area contributed by atoms with Crippen LogP contribution in [0.4, 0.5) is 0 Å². The molecule has 0 bridgehead atoms. The Balaban J connectivity index is 2.05. The number of ether oxygens (including phenoxy) is 1. The van der Waals surface area contributed by atoms with E-state index in [1.165, 1.54) is 12.8 Å². The van der Waals surface area contributed by atoms with Crippen molar-refractivity contribution in [2.45, 2.75) is 30.7 Å². The topological polar surface area (TPSA) is 55.4 Å². The average Bonchev–Trinajstić information content (AvgIpc) is 3.12. The van der Waals surface area contributed by atoms with E-state index in [0.717, 1.165) is 5.56 Å². The third kappa shape index (κ3) is 3.23. The Kier molecular flexibility index (Phi) is 3.92. The van der Waals surface area contributed by atoms with E-state index in [2.05, 4.69) is 5.32 Å². The van der Waals surface area contributed by atoms with Gasteiger partial charge in [-0.15, -0.1) is 0 Å². The highest BCUT2D eigenvalue weighted by Gasteiger charge is 2.22. The summed E-state index contributed by atoms with van der Waals surface area (Å²) < 4.78 is 29.3. The zero-order valence-corrected chi connectivity index (χ0v) is 11.6. The van der Waals surface area contributed by atoms with E-state index in [1.807, 2.05) is 6.92 Å². The molecule has 0 radical (unpaired) electrons. The van der Waals surface area contributed by atoms with Crippen molar-refractivity contribution in [3.8, 4) is 5.75 Å². The molecule has 0 unspecified atom stereocenters. The Morgan fingerprint density at radius 2 is 2.11 bits per heavy atom. The first-order chi connectivity index (χ1) is 8.53. The van der Waals surface area contributed by atoms with Gasteiger partial charge in [0.05, 0.1) is 17.8 Å². The Bertz CT molecular complexity index is 521. The number of sulfone groups is 1. The second-order valence-electron chi connectivity index (χ2n) is 4.68. The summed E-state index contributed by atoms with van der Waals surface area (Å²) in [4.78, 5) is 0.374. The third-order valence-electron chi connectivity index (χ3n) is 3.11. The molecule has 1 aliphatic rings. The van der Waals surface area contributed by atoms with Gasteiger partial charge in [0.15, 0.2) is 9.84 Å². The van der Waals surface area contributed by atoms with Crippen LogP contribution in [-0.4, -0.2) is 33.9 Å². The van der Waals surface area contributed by atoms with Crippen LogP contribution in [0, 0.1) is 6.92 Å². The van der Waals surface area contributed by atoms with Gasteiger partial charge in [-0.2, -0.15) is 0 Å². The van der Waals surface area contributed by atoms with Crippen molar-refractivity contribution < 1.29 is 13.2 Å². The van der Waals surface area contributed by atoms with Gasteiger partial charge in [0.1, 0.15) is 5.75 Å². The van der Waals surface area contributed by atoms with E-state index in [0.29, 0.717) is 23.2 Å². The van der Waals surface area contributed by atoms with E-state index >= 15 is 0 Å². The van der Waals surface area contributed by atoms with Gasteiger partial charge in [-0.05, 0) is 43.5 Å². The average molecular weight is 269 g/mol. The van der Waals surface area contributed by atoms with Gasteiger partial charge in [-0.1, -0.05) is 0 Å². The summed E-state index contributed by atoms with van der Waals surface area (Å²) in [5.74, 6) is 0.861. The molecule has 0 aromatic heterocycles. The monoisotopic (exact) mass is 269 g/mol. The summed E-state index contributed by atoms with van der Waals surface area (Å²) in [6.45, 7) is 2.37. The van der Waals surface area contributed by atoms with Crippen molar-refractivity contribution in [3.05, 3.63) is 23.8 Å². The van der Waals surface area contributed by atoms with Gasteiger partial charge < -0.3 is 10.1 Å². The van der Waals surface area contributed by atoms with Gasteiger partial charge in [0.2, 0.25) is 0 Å². The van der Waals surface area contributed by atoms with Gasteiger partial charge in [-0.25, -0.2) is 8.42 Å². The van der Waals surface area contributed by atoms with E-state index in [9.17, 15) is 8.42 Å². The normalized spacial score (nSPS) is 15.7. The predicted octanol–water partition coefficient (Wildman–Crippen LogP) is 1.53. The van der Waals surface area contributed by atoms with E-state index < -0.39 is 9.84 Å². The zero-order valence-electron chi connectivity index (χ0n) is 10.8. The molecular formula is C13H19NO3S. The summed E-state index contributed by atoms with van der Waals surface area (Å²) in [7, 11) is -1.61. The minimum Gasteiger partial charge on any atom is -0.496 e. The highest BCUT2D eigenvalue weighted by molar-refractivity contribution is 7.91. The number of rotatable bonds is 6. The molecule has 0 aliphatic heterocycles. The summed E-state index contributed by atoms with van der Waals surface area (Å²) >= 11 is 0. The number of methoxy groups -OCH3 is 1. The molecule has 2 rings (SSSR count). The Labute approximate surface area is 108 Å². The van der Waals surface area contributed by atoms with Gasteiger partial charge in [-0.3, -0.25) is 0 Å². The third-order valence-corrected chi connectivity index (χ3v) is 4.82. The van der Waals surface area contributed by atoms with Crippen LogP contribution < -0.4 is 10.1 Å². The first kappa shape index (κ1) is 13.4. The molecule has 1 N–H and O–H groups in total. The van der Waals surface area contributed by atoms with Gasteiger partial charge in [0.25, 0.3) is 0 Å². The van der Waals surface area contributed by atoms with Crippen molar-refractivity contribution in [2.24, 2.45) is 0 Å². The molecule has 1 fully saturated rings. The lowest BCUT2D eigenvalue weighted by atomic mass is 10.2. The molecule has 4 nitrogen and oxygen atoms in total. The fraction of sp³-hybridized carbons (Fsp3) is 0.538. The summed E-state index contributed by atoms with van der Waals surface area (Å²) in [5.41, 5.74) is 0.841. The molecule has 1 aliphatic carbocycles. The lowest BCUT2D eigenvalue weighted by molar-refractivity contribution is 0.411. The second-order valence-corrected chi connectivity index (χ2v) is 6.79. The molecule has 18 heavy (non-hydrogen) atoms. The molecule has 0 atom stereocenters. The van der Waals surface area contributed by atoms with Crippen LogP contribution in [0.5, 0.6) is 5.75 Å². The number of aryl methyl sites for hydroxylation is 1. The molecule has 0 saturated heterocycles. The molecule has 1 saturated carbocycles. The van der Waals surface area contributed by atoms with Crippen molar-refractivity contribution >= 4 is 9.84 Å². The van der Waals surface area contributed by atoms with Crippen LogP contribution in [0.25, 0.3) is 0 Å². The van der Waals surface area contributed by atoms with Crippen LogP contribution in [0.1, 0.15) is 18.4 Å². The molecule has 1 aromatic carbocycles. The fourth-order valence-electron chi connectivity index (χ4n) is 1.85. The van der Waals surface area contributed by atoms with Crippen LogP contribution in [0.2, 0.25) is 0 Å². The molecule has 1 aromatic rings. The molecule has 0 amide bonds. The SMILES string of the molecule is COc1ccc(S(=O)(=O)CCNC2CC2)cc1C. The smallest absolute Gasteiger partial charge is 0.179 e. The van der Waals surface area contributed by atoms with Gasteiger partial charge >= 0.3 is 0 Å². The number of nitrogens with one attached hydrogen (secondary N) is 1. The maximum Gasteiger partial charge on any atom is 0.179 e. The first-order valence-corrected chi connectivity index (χ1v) is 7.79. The minimum absolute atomic E-state index is 0.148. The van der Waals surface area contributed by atoms with Crippen LogP contribution in [-0.2, 0) is 9.84 Å². The lowest BCUT2D eigenvalue weighted by Crippen LogP contribution is -2.24. The summed E-state index contributed by atoms with van der Waals surface area (Å²) in [6.07, 6.45) is 2.34. The highest BCUT2D eigenvalue weighted by Crippen LogP contribution is 2.22. The standard InChI is InChI=1S/C13H19NO3S/c1-10-9-12(5-6-13(10)17-2)18(15,16)8-7-14-11-3-4-11/h5-6,9,11,14H,3-4,7-8H2,1-2H3. The molecule has 0 spiro atoms. The maximum atomic E-state index is 12.1. The second kappa shape index (κ2) is 5.28. The quantitative estimate of drug-likeness (QED) is 0.851. The molecule has 5 heteroatoms. The molecule has 0 heterocycles. The van der Waals surface area contributed by atoms with Crippen LogP contribution >= 0.6 is 0 Å². The lowest BCUT2D eigenvalue weighted by Gasteiger charge is -2.09. The van der Waals surface area contributed by atoms with E-state index in [4.69, 9.17) is 4.74 Å². The largest absolute Gasteiger partial charge is 0.496 e. The predicted molar refractivity (Wildman–Crippen MR) is 70.8 cm³/mol. The van der Waals surface area contributed by atoms with Crippen LogP contribution in [0.3, 0.4) is 0 Å². The number of hydrogen-bond donors (Lipinski definition) is 1.